The Hall–Kier alpha value is -0.910. The number of fused-ring (bicyclic) bond motifs is 1. The van der Waals surface area contributed by atoms with Gasteiger partial charge in [0.1, 0.15) is 0 Å². The van der Waals surface area contributed by atoms with E-state index in [4.69, 9.17) is 11.6 Å². The lowest BCUT2D eigenvalue weighted by Gasteiger charge is -2.07. The molecule has 0 atom stereocenters. The standard InChI is InChI=1S/C12H9BrClNO2S/c1-2-7-18(16,17)12-9-3-4-10(14)11(13)8(9)5-6-15-12/h2-6H,1,7H2. The lowest BCUT2D eigenvalue weighted by Crippen LogP contribution is -2.07. The van der Waals surface area contributed by atoms with Crippen molar-refractivity contribution in [3.05, 3.63) is 46.5 Å². The van der Waals surface area contributed by atoms with E-state index in [1.807, 2.05) is 0 Å². The van der Waals surface area contributed by atoms with E-state index in [0.29, 0.717) is 14.9 Å². The number of sulfone groups is 1. The maximum Gasteiger partial charge on any atom is 0.199 e. The Morgan fingerprint density at radius 1 is 1.33 bits per heavy atom. The summed E-state index contributed by atoms with van der Waals surface area (Å²) in [4.78, 5) is 3.97. The normalized spacial score (nSPS) is 11.7. The van der Waals surface area contributed by atoms with E-state index in [-0.39, 0.29) is 10.8 Å². The Kier molecular flexibility index (Phi) is 3.75. The summed E-state index contributed by atoms with van der Waals surface area (Å²) in [6.45, 7) is 3.45. The van der Waals surface area contributed by atoms with Crippen molar-refractivity contribution in [1.82, 2.24) is 4.98 Å². The molecule has 0 N–H and O–H groups in total. The average molecular weight is 347 g/mol. The van der Waals surface area contributed by atoms with Gasteiger partial charge in [-0.25, -0.2) is 13.4 Å². The highest BCUT2D eigenvalue weighted by molar-refractivity contribution is 9.10. The van der Waals surface area contributed by atoms with E-state index in [1.165, 1.54) is 12.3 Å². The molecule has 0 saturated carbocycles. The summed E-state index contributed by atoms with van der Waals surface area (Å²) in [5, 5.41) is 1.86. The molecule has 2 aromatic rings. The molecule has 1 aromatic heterocycles. The third kappa shape index (κ3) is 2.30. The van der Waals surface area contributed by atoms with E-state index in [9.17, 15) is 8.42 Å². The zero-order valence-corrected chi connectivity index (χ0v) is 12.4. The summed E-state index contributed by atoms with van der Waals surface area (Å²) in [7, 11) is -3.46. The van der Waals surface area contributed by atoms with E-state index in [1.54, 1.807) is 18.2 Å². The van der Waals surface area contributed by atoms with Crippen molar-refractivity contribution in [3.8, 4) is 0 Å². The Balaban J connectivity index is 2.83. The fourth-order valence-corrected chi connectivity index (χ4v) is 3.49. The monoisotopic (exact) mass is 345 g/mol. The molecule has 0 bridgehead atoms. The van der Waals surface area contributed by atoms with Crippen molar-refractivity contribution in [3.63, 3.8) is 0 Å². The van der Waals surface area contributed by atoms with Gasteiger partial charge in [0.05, 0.1) is 10.8 Å². The molecule has 0 radical (unpaired) electrons. The molecular weight excluding hydrogens is 338 g/mol. The quantitative estimate of drug-likeness (QED) is 0.798. The van der Waals surface area contributed by atoms with E-state index >= 15 is 0 Å². The van der Waals surface area contributed by atoms with Crippen LogP contribution in [0.25, 0.3) is 10.8 Å². The van der Waals surface area contributed by atoms with Gasteiger partial charge in [0.25, 0.3) is 0 Å². The molecule has 3 nitrogen and oxygen atoms in total. The molecule has 1 aromatic carbocycles. The van der Waals surface area contributed by atoms with Crippen LogP contribution in [-0.2, 0) is 9.84 Å². The predicted octanol–water partition coefficient (Wildman–Crippen LogP) is 3.61. The summed E-state index contributed by atoms with van der Waals surface area (Å²) < 4.78 is 24.8. The SMILES string of the molecule is C=CCS(=O)(=O)c1nccc2c(Br)c(Cl)ccc12. The zero-order chi connectivity index (χ0) is 13.3. The van der Waals surface area contributed by atoms with Crippen LogP contribution in [0, 0.1) is 0 Å². The van der Waals surface area contributed by atoms with Gasteiger partial charge in [0.15, 0.2) is 14.9 Å². The summed E-state index contributed by atoms with van der Waals surface area (Å²) in [6.07, 6.45) is 2.81. The minimum absolute atomic E-state index is 0.0530. The van der Waals surface area contributed by atoms with Gasteiger partial charge in [-0.05, 0) is 34.1 Å². The van der Waals surface area contributed by atoms with Crippen molar-refractivity contribution in [2.24, 2.45) is 0 Å². The molecule has 0 aliphatic heterocycles. The molecule has 18 heavy (non-hydrogen) atoms. The second kappa shape index (κ2) is 4.99. The maximum atomic E-state index is 12.1. The van der Waals surface area contributed by atoms with Crippen molar-refractivity contribution in [2.45, 2.75) is 5.03 Å². The number of aromatic nitrogens is 1. The first-order valence-electron chi connectivity index (χ1n) is 5.04. The lowest BCUT2D eigenvalue weighted by atomic mass is 10.2. The summed E-state index contributed by atoms with van der Waals surface area (Å²) in [5.41, 5.74) is 0. The summed E-state index contributed by atoms with van der Waals surface area (Å²) in [6, 6.07) is 5.02. The lowest BCUT2D eigenvalue weighted by molar-refractivity contribution is 0.596. The highest BCUT2D eigenvalue weighted by Crippen LogP contribution is 2.33. The van der Waals surface area contributed by atoms with Gasteiger partial charge in [0, 0.05) is 21.4 Å². The van der Waals surface area contributed by atoms with Gasteiger partial charge in [0.2, 0.25) is 0 Å². The minimum atomic E-state index is -3.46. The van der Waals surface area contributed by atoms with Gasteiger partial charge < -0.3 is 0 Å². The average Bonchev–Trinajstić information content (AvgIpc) is 2.33. The number of rotatable bonds is 3. The van der Waals surface area contributed by atoms with Crippen molar-refractivity contribution in [1.29, 1.82) is 0 Å². The van der Waals surface area contributed by atoms with Crippen LogP contribution >= 0.6 is 27.5 Å². The van der Waals surface area contributed by atoms with Crippen LogP contribution in [0.3, 0.4) is 0 Å². The molecule has 0 unspecified atom stereocenters. The second-order valence-electron chi connectivity index (χ2n) is 3.64. The number of halogens is 2. The third-order valence-corrected chi connectivity index (χ3v) is 5.41. The first kappa shape index (κ1) is 13.5. The molecule has 1 heterocycles. The molecule has 0 fully saturated rings. The number of nitrogens with zero attached hydrogens (tertiary/aromatic N) is 1. The smallest absolute Gasteiger partial charge is 0.199 e. The van der Waals surface area contributed by atoms with Crippen LogP contribution < -0.4 is 0 Å². The highest BCUT2D eigenvalue weighted by atomic mass is 79.9. The molecule has 0 aliphatic rings. The molecule has 0 spiro atoms. The fraction of sp³-hybridized carbons (Fsp3) is 0.0833. The minimum Gasteiger partial charge on any atom is -0.244 e. The Morgan fingerprint density at radius 3 is 2.72 bits per heavy atom. The first-order valence-corrected chi connectivity index (χ1v) is 7.86. The first-order chi connectivity index (χ1) is 8.47. The Labute approximate surface area is 119 Å². The third-order valence-electron chi connectivity index (χ3n) is 2.43. The molecule has 2 rings (SSSR count). The predicted molar refractivity (Wildman–Crippen MR) is 76.7 cm³/mol. The van der Waals surface area contributed by atoms with Gasteiger partial charge in [-0.2, -0.15) is 0 Å². The van der Waals surface area contributed by atoms with Gasteiger partial charge in [-0.15, -0.1) is 6.58 Å². The summed E-state index contributed by atoms with van der Waals surface area (Å²) in [5.74, 6) is -0.140. The van der Waals surface area contributed by atoms with Gasteiger partial charge in [-0.1, -0.05) is 17.7 Å². The largest absolute Gasteiger partial charge is 0.244 e. The number of pyridine rings is 1. The van der Waals surface area contributed by atoms with Crippen LogP contribution in [0.2, 0.25) is 5.02 Å². The number of benzene rings is 1. The number of hydrogen-bond acceptors (Lipinski definition) is 3. The van der Waals surface area contributed by atoms with Gasteiger partial charge in [-0.3, -0.25) is 0 Å². The molecule has 94 valence electrons. The second-order valence-corrected chi connectivity index (χ2v) is 6.79. The van der Waals surface area contributed by atoms with Crippen molar-refractivity contribution >= 4 is 48.1 Å². The maximum absolute atomic E-state index is 12.1. The number of hydrogen-bond donors (Lipinski definition) is 0. The zero-order valence-electron chi connectivity index (χ0n) is 9.23. The van der Waals surface area contributed by atoms with Crippen LogP contribution in [0.1, 0.15) is 0 Å². The Morgan fingerprint density at radius 2 is 2.06 bits per heavy atom. The van der Waals surface area contributed by atoms with E-state index in [2.05, 4.69) is 27.5 Å². The highest BCUT2D eigenvalue weighted by Gasteiger charge is 2.18. The Bertz CT molecular complexity index is 728. The topological polar surface area (TPSA) is 47.0 Å². The van der Waals surface area contributed by atoms with E-state index < -0.39 is 9.84 Å². The molecule has 0 aliphatic carbocycles. The van der Waals surface area contributed by atoms with Crippen molar-refractivity contribution in [2.75, 3.05) is 5.75 Å². The molecule has 0 saturated heterocycles. The van der Waals surface area contributed by atoms with E-state index in [0.717, 1.165) is 5.39 Å². The summed E-state index contributed by atoms with van der Waals surface area (Å²) >= 11 is 9.33. The van der Waals surface area contributed by atoms with Crippen LogP contribution in [-0.4, -0.2) is 19.2 Å². The fourth-order valence-electron chi connectivity index (χ4n) is 1.65. The van der Waals surface area contributed by atoms with Crippen LogP contribution in [0.4, 0.5) is 0 Å². The van der Waals surface area contributed by atoms with Gasteiger partial charge >= 0.3 is 0 Å². The van der Waals surface area contributed by atoms with Crippen LogP contribution in [0.15, 0.2) is 46.5 Å². The molecular formula is C12H9BrClNO2S. The molecule has 0 amide bonds. The molecule has 6 heteroatoms. The van der Waals surface area contributed by atoms with Crippen molar-refractivity contribution < 1.29 is 8.42 Å². The van der Waals surface area contributed by atoms with Crippen LogP contribution in [0.5, 0.6) is 0 Å².